The Bertz CT molecular complexity index is 386. The molecule has 0 aromatic rings. The molecule has 17 heavy (non-hydrogen) atoms. The summed E-state index contributed by atoms with van der Waals surface area (Å²) in [4.78, 5) is 13.8. The fourth-order valence-corrected chi connectivity index (χ4v) is 4.27. The second-order valence-electron chi connectivity index (χ2n) is 4.89. The summed E-state index contributed by atoms with van der Waals surface area (Å²) in [6.45, 7) is 1.26. The second-order valence-corrected chi connectivity index (χ2v) is 7.12. The zero-order valence-electron chi connectivity index (χ0n) is 10.1. The van der Waals surface area contributed by atoms with Gasteiger partial charge in [-0.2, -0.15) is 0 Å². The summed E-state index contributed by atoms with van der Waals surface area (Å²) in [5.41, 5.74) is 0. The van der Waals surface area contributed by atoms with Crippen LogP contribution < -0.4 is 0 Å². The molecule has 0 aliphatic carbocycles. The van der Waals surface area contributed by atoms with Crippen LogP contribution in [0.1, 0.15) is 19.3 Å². The average Bonchev–Trinajstić information content (AvgIpc) is 2.69. The Morgan fingerprint density at radius 2 is 1.88 bits per heavy atom. The van der Waals surface area contributed by atoms with Crippen molar-refractivity contribution in [1.29, 1.82) is 0 Å². The van der Waals surface area contributed by atoms with Gasteiger partial charge in [-0.05, 0) is 19.3 Å². The summed E-state index contributed by atoms with van der Waals surface area (Å²) in [5, 5.41) is 0. The first-order chi connectivity index (χ1) is 7.99. The SMILES string of the molecule is CN(C(=O)C1CCOCC1)C1CCS(=O)(=O)C1. The summed E-state index contributed by atoms with van der Waals surface area (Å²) in [6.07, 6.45) is 2.08. The van der Waals surface area contributed by atoms with Crippen molar-refractivity contribution in [3.63, 3.8) is 0 Å². The standard InChI is InChI=1S/C11H19NO4S/c1-12(10-4-7-17(14,15)8-10)11(13)9-2-5-16-6-3-9/h9-10H,2-8H2,1H3. The van der Waals surface area contributed by atoms with Gasteiger partial charge in [0.2, 0.25) is 5.91 Å². The molecule has 2 heterocycles. The molecule has 0 radical (unpaired) electrons. The molecule has 2 rings (SSSR count). The van der Waals surface area contributed by atoms with E-state index in [2.05, 4.69) is 0 Å². The van der Waals surface area contributed by atoms with Gasteiger partial charge in [-0.25, -0.2) is 8.42 Å². The normalized spacial score (nSPS) is 29.1. The Morgan fingerprint density at radius 3 is 2.41 bits per heavy atom. The lowest BCUT2D eigenvalue weighted by Gasteiger charge is -2.29. The maximum absolute atomic E-state index is 12.2. The molecule has 0 saturated carbocycles. The Kier molecular flexibility index (Phi) is 3.73. The van der Waals surface area contributed by atoms with Crippen molar-refractivity contribution in [3.8, 4) is 0 Å². The van der Waals surface area contributed by atoms with E-state index >= 15 is 0 Å². The molecule has 2 aliphatic heterocycles. The molecule has 0 aromatic carbocycles. The smallest absolute Gasteiger partial charge is 0.225 e. The summed E-state index contributed by atoms with van der Waals surface area (Å²) in [5.74, 6) is 0.425. The minimum atomic E-state index is -2.92. The maximum Gasteiger partial charge on any atom is 0.225 e. The highest BCUT2D eigenvalue weighted by Gasteiger charge is 2.35. The lowest BCUT2D eigenvalue weighted by molar-refractivity contribution is -0.138. The van der Waals surface area contributed by atoms with Gasteiger partial charge in [0.1, 0.15) is 0 Å². The Labute approximate surface area is 102 Å². The van der Waals surface area contributed by atoms with Crippen molar-refractivity contribution < 1.29 is 17.9 Å². The van der Waals surface area contributed by atoms with Crippen LogP contribution >= 0.6 is 0 Å². The lowest BCUT2D eigenvalue weighted by Crippen LogP contribution is -2.42. The van der Waals surface area contributed by atoms with E-state index < -0.39 is 9.84 Å². The first kappa shape index (κ1) is 12.8. The first-order valence-corrected chi connectivity index (χ1v) is 7.86. The summed E-state index contributed by atoms with van der Waals surface area (Å²) in [6, 6.07) is -0.129. The Balaban J connectivity index is 1.95. The molecule has 0 spiro atoms. The van der Waals surface area contributed by atoms with Crippen molar-refractivity contribution in [1.82, 2.24) is 4.90 Å². The molecule has 2 saturated heterocycles. The molecule has 1 unspecified atom stereocenters. The van der Waals surface area contributed by atoms with Crippen LogP contribution in [0, 0.1) is 5.92 Å². The highest BCUT2D eigenvalue weighted by atomic mass is 32.2. The molecule has 5 nitrogen and oxygen atoms in total. The summed E-state index contributed by atoms with van der Waals surface area (Å²) in [7, 11) is -1.20. The van der Waals surface area contributed by atoms with Gasteiger partial charge in [-0.15, -0.1) is 0 Å². The molecule has 0 N–H and O–H groups in total. The summed E-state index contributed by atoms with van der Waals surface area (Å²) >= 11 is 0. The van der Waals surface area contributed by atoms with E-state index in [0.717, 1.165) is 12.8 Å². The van der Waals surface area contributed by atoms with Crippen LogP contribution in [0.2, 0.25) is 0 Å². The highest BCUT2D eigenvalue weighted by Crippen LogP contribution is 2.22. The quantitative estimate of drug-likeness (QED) is 0.705. The van der Waals surface area contributed by atoms with E-state index in [-0.39, 0.29) is 29.4 Å². The third-order valence-corrected chi connectivity index (χ3v) is 5.42. The predicted molar refractivity (Wildman–Crippen MR) is 63.4 cm³/mol. The molecular weight excluding hydrogens is 242 g/mol. The van der Waals surface area contributed by atoms with E-state index in [1.807, 2.05) is 0 Å². The topological polar surface area (TPSA) is 63.7 Å². The fourth-order valence-electron chi connectivity index (χ4n) is 2.49. The van der Waals surface area contributed by atoms with Crippen molar-refractivity contribution in [3.05, 3.63) is 0 Å². The van der Waals surface area contributed by atoms with Crippen molar-refractivity contribution in [2.24, 2.45) is 5.92 Å². The van der Waals surface area contributed by atoms with Gasteiger partial charge in [-0.3, -0.25) is 4.79 Å². The van der Waals surface area contributed by atoms with Crippen molar-refractivity contribution in [2.45, 2.75) is 25.3 Å². The zero-order chi connectivity index (χ0) is 12.5. The van der Waals surface area contributed by atoms with Gasteiger partial charge in [0.05, 0.1) is 11.5 Å². The van der Waals surface area contributed by atoms with Crippen LogP contribution in [0.5, 0.6) is 0 Å². The number of amides is 1. The molecule has 0 bridgehead atoms. The minimum absolute atomic E-state index is 0.0112. The molecule has 0 aromatic heterocycles. The number of hydrogen-bond acceptors (Lipinski definition) is 4. The van der Waals surface area contributed by atoms with Crippen LogP contribution in [0.25, 0.3) is 0 Å². The molecular formula is C11H19NO4S. The van der Waals surface area contributed by atoms with Crippen LogP contribution in [-0.2, 0) is 19.4 Å². The summed E-state index contributed by atoms with van der Waals surface area (Å²) < 4.78 is 28.0. The van der Waals surface area contributed by atoms with Crippen LogP contribution in [0.4, 0.5) is 0 Å². The van der Waals surface area contributed by atoms with Gasteiger partial charge in [0.15, 0.2) is 9.84 Å². The molecule has 1 atom stereocenters. The van der Waals surface area contributed by atoms with E-state index in [4.69, 9.17) is 4.74 Å². The van der Waals surface area contributed by atoms with E-state index in [0.29, 0.717) is 19.6 Å². The van der Waals surface area contributed by atoms with Gasteiger partial charge >= 0.3 is 0 Å². The van der Waals surface area contributed by atoms with Gasteiger partial charge in [-0.1, -0.05) is 0 Å². The fraction of sp³-hybridized carbons (Fsp3) is 0.909. The van der Waals surface area contributed by atoms with Gasteiger partial charge < -0.3 is 9.64 Å². The second kappa shape index (κ2) is 4.94. The van der Waals surface area contributed by atoms with E-state index in [1.54, 1.807) is 11.9 Å². The van der Waals surface area contributed by atoms with Crippen LogP contribution in [-0.4, -0.2) is 57.0 Å². The first-order valence-electron chi connectivity index (χ1n) is 6.04. The zero-order valence-corrected chi connectivity index (χ0v) is 10.9. The Morgan fingerprint density at radius 1 is 1.24 bits per heavy atom. The van der Waals surface area contributed by atoms with Crippen molar-refractivity contribution in [2.75, 3.05) is 31.8 Å². The van der Waals surface area contributed by atoms with Crippen molar-refractivity contribution >= 4 is 15.7 Å². The van der Waals surface area contributed by atoms with Crippen LogP contribution in [0.3, 0.4) is 0 Å². The average molecular weight is 261 g/mol. The van der Waals surface area contributed by atoms with Crippen LogP contribution in [0.15, 0.2) is 0 Å². The van der Waals surface area contributed by atoms with E-state index in [1.165, 1.54) is 0 Å². The maximum atomic E-state index is 12.2. The predicted octanol–water partition coefficient (Wildman–Crippen LogP) is 0.0585. The highest BCUT2D eigenvalue weighted by molar-refractivity contribution is 7.91. The monoisotopic (exact) mass is 261 g/mol. The molecule has 1 amide bonds. The van der Waals surface area contributed by atoms with E-state index in [9.17, 15) is 13.2 Å². The third-order valence-electron chi connectivity index (χ3n) is 3.67. The largest absolute Gasteiger partial charge is 0.381 e. The number of carbonyl (C=O) groups excluding carboxylic acids is 1. The lowest BCUT2D eigenvalue weighted by atomic mass is 9.98. The van der Waals surface area contributed by atoms with Gasteiger partial charge in [0.25, 0.3) is 0 Å². The number of nitrogens with zero attached hydrogens (tertiary/aromatic N) is 1. The molecule has 98 valence electrons. The Hall–Kier alpha value is -0.620. The minimum Gasteiger partial charge on any atom is -0.381 e. The third kappa shape index (κ3) is 2.98. The number of hydrogen-bond donors (Lipinski definition) is 0. The number of rotatable bonds is 2. The molecule has 6 heteroatoms. The van der Waals surface area contributed by atoms with Gasteiger partial charge in [0, 0.05) is 32.2 Å². The number of sulfone groups is 1. The molecule has 2 aliphatic rings. The number of ether oxygens (including phenoxy) is 1. The molecule has 2 fully saturated rings. The number of carbonyl (C=O) groups is 1.